The number of carbonyl (C=O) groups excluding carboxylic acids is 2. The summed E-state index contributed by atoms with van der Waals surface area (Å²) in [7, 11) is 3.86. The van der Waals surface area contributed by atoms with Crippen molar-refractivity contribution in [2.75, 3.05) is 33.7 Å². The summed E-state index contributed by atoms with van der Waals surface area (Å²) in [6, 6.07) is 5.97. The number of ether oxygens (including phenoxy) is 2. The SMILES string of the molecule is CN(C)CC1CC2(CCN(C(=O)c3ccccc3OC(F)F)CC2)C(=O)O1.O=CO. The average molecular weight is 428 g/mol. The first-order chi connectivity index (χ1) is 14.2. The fraction of sp³-hybridized carbons (Fsp3) is 0.550. The highest BCUT2D eigenvalue weighted by Crippen LogP contribution is 2.43. The lowest BCUT2D eigenvalue weighted by Crippen LogP contribution is -2.45. The average Bonchev–Trinajstić information content (AvgIpc) is 2.96. The van der Waals surface area contributed by atoms with Gasteiger partial charge in [0.25, 0.3) is 12.4 Å². The van der Waals surface area contributed by atoms with Gasteiger partial charge in [-0.3, -0.25) is 14.4 Å². The molecule has 0 saturated carbocycles. The molecule has 1 spiro atoms. The number of hydrogen-bond acceptors (Lipinski definition) is 6. The number of carboxylic acid groups (broad SMARTS) is 1. The second kappa shape index (κ2) is 10.3. The van der Waals surface area contributed by atoms with Gasteiger partial charge in [-0.2, -0.15) is 8.78 Å². The van der Waals surface area contributed by atoms with E-state index in [2.05, 4.69) is 4.74 Å². The highest BCUT2D eigenvalue weighted by atomic mass is 19.3. The molecular formula is C20H26F2N2O6. The van der Waals surface area contributed by atoms with Crippen LogP contribution in [0.3, 0.4) is 0 Å². The molecule has 1 amide bonds. The first-order valence-corrected chi connectivity index (χ1v) is 9.49. The molecule has 10 heteroatoms. The number of hydrogen-bond donors (Lipinski definition) is 1. The molecule has 2 fully saturated rings. The highest BCUT2D eigenvalue weighted by molar-refractivity contribution is 5.97. The summed E-state index contributed by atoms with van der Waals surface area (Å²) in [5, 5.41) is 6.89. The van der Waals surface area contributed by atoms with E-state index in [-0.39, 0.29) is 35.8 Å². The van der Waals surface area contributed by atoms with Gasteiger partial charge in [0.15, 0.2) is 0 Å². The first kappa shape index (κ1) is 23.5. The number of piperidine rings is 1. The van der Waals surface area contributed by atoms with Crippen LogP contribution in [0.2, 0.25) is 0 Å². The summed E-state index contributed by atoms with van der Waals surface area (Å²) in [5.41, 5.74) is -0.440. The molecule has 2 saturated heterocycles. The number of alkyl halides is 2. The molecule has 166 valence electrons. The number of amides is 1. The fourth-order valence-electron chi connectivity index (χ4n) is 3.90. The number of halogens is 2. The van der Waals surface area contributed by atoms with Crippen molar-refractivity contribution < 1.29 is 37.7 Å². The number of esters is 1. The van der Waals surface area contributed by atoms with Crippen LogP contribution in [0.5, 0.6) is 5.75 Å². The second-order valence-electron chi connectivity index (χ2n) is 7.55. The van der Waals surface area contributed by atoms with Crippen molar-refractivity contribution in [1.82, 2.24) is 9.80 Å². The van der Waals surface area contributed by atoms with E-state index in [1.54, 1.807) is 17.0 Å². The highest BCUT2D eigenvalue weighted by Gasteiger charge is 2.50. The molecule has 2 aliphatic heterocycles. The Bertz CT molecular complexity index is 751. The minimum absolute atomic E-state index is 0.105. The first-order valence-electron chi connectivity index (χ1n) is 9.49. The minimum Gasteiger partial charge on any atom is -0.483 e. The molecule has 1 N–H and O–H groups in total. The van der Waals surface area contributed by atoms with Gasteiger partial charge >= 0.3 is 12.6 Å². The smallest absolute Gasteiger partial charge is 0.387 e. The lowest BCUT2D eigenvalue weighted by atomic mass is 9.76. The van der Waals surface area contributed by atoms with Crippen LogP contribution in [0.1, 0.15) is 29.6 Å². The number of cyclic esters (lactones) is 1. The van der Waals surface area contributed by atoms with Gasteiger partial charge in [-0.05, 0) is 39.1 Å². The van der Waals surface area contributed by atoms with E-state index >= 15 is 0 Å². The zero-order chi connectivity index (χ0) is 22.3. The van der Waals surface area contributed by atoms with Gasteiger partial charge in [0.1, 0.15) is 11.9 Å². The maximum absolute atomic E-state index is 12.8. The molecule has 0 aromatic heterocycles. The van der Waals surface area contributed by atoms with Crippen LogP contribution in [0.25, 0.3) is 0 Å². The molecular weight excluding hydrogens is 402 g/mol. The molecule has 30 heavy (non-hydrogen) atoms. The number of rotatable bonds is 5. The van der Waals surface area contributed by atoms with Crippen LogP contribution >= 0.6 is 0 Å². The van der Waals surface area contributed by atoms with E-state index in [1.807, 2.05) is 19.0 Å². The third-order valence-corrected chi connectivity index (χ3v) is 5.24. The Kier molecular flexibility index (Phi) is 8.10. The Labute approximate surface area is 173 Å². The number of likely N-dealkylation sites (N-methyl/N-ethyl adjacent to an activating group) is 1. The molecule has 8 nitrogen and oxygen atoms in total. The normalized spacial score (nSPS) is 20.0. The van der Waals surface area contributed by atoms with Gasteiger partial charge in [-0.15, -0.1) is 0 Å². The van der Waals surface area contributed by atoms with E-state index in [0.717, 1.165) is 0 Å². The van der Waals surface area contributed by atoms with Crippen LogP contribution in [-0.2, 0) is 14.3 Å². The molecule has 3 rings (SSSR count). The third-order valence-electron chi connectivity index (χ3n) is 5.24. The van der Waals surface area contributed by atoms with Crippen LogP contribution in [0.15, 0.2) is 24.3 Å². The van der Waals surface area contributed by atoms with Crippen LogP contribution in [-0.4, -0.2) is 79.7 Å². The summed E-state index contributed by atoms with van der Waals surface area (Å²) in [5.74, 6) is -0.690. The van der Waals surface area contributed by atoms with E-state index in [0.29, 0.717) is 38.9 Å². The Morgan fingerprint density at radius 1 is 1.37 bits per heavy atom. The number of likely N-dealkylation sites (tertiary alicyclic amines) is 1. The number of para-hydroxylation sites is 1. The number of nitrogens with zero attached hydrogens (tertiary/aromatic N) is 2. The third kappa shape index (κ3) is 5.65. The van der Waals surface area contributed by atoms with Gasteiger partial charge in [-0.1, -0.05) is 12.1 Å². The molecule has 0 aliphatic carbocycles. The topological polar surface area (TPSA) is 96.4 Å². The van der Waals surface area contributed by atoms with Crippen molar-refractivity contribution in [3.63, 3.8) is 0 Å². The largest absolute Gasteiger partial charge is 0.483 e. The lowest BCUT2D eigenvalue weighted by Gasteiger charge is -2.36. The van der Waals surface area contributed by atoms with Crippen molar-refractivity contribution in [2.45, 2.75) is 32.0 Å². The Hall–Kier alpha value is -2.75. The van der Waals surface area contributed by atoms with Gasteiger partial charge in [0, 0.05) is 26.1 Å². The summed E-state index contributed by atoms with van der Waals surface area (Å²) >= 11 is 0. The van der Waals surface area contributed by atoms with Gasteiger partial charge < -0.3 is 24.4 Å². The minimum atomic E-state index is -2.99. The zero-order valence-corrected chi connectivity index (χ0v) is 16.9. The van der Waals surface area contributed by atoms with E-state index in [9.17, 15) is 18.4 Å². The molecule has 0 bridgehead atoms. The van der Waals surface area contributed by atoms with Crippen molar-refractivity contribution in [3.8, 4) is 5.75 Å². The fourth-order valence-corrected chi connectivity index (χ4v) is 3.90. The molecule has 1 aromatic carbocycles. The zero-order valence-electron chi connectivity index (χ0n) is 16.9. The predicted octanol–water partition coefficient (Wildman–Crippen LogP) is 2.09. The van der Waals surface area contributed by atoms with Gasteiger partial charge in [0.05, 0.1) is 11.0 Å². The molecule has 2 heterocycles. The predicted molar refractivity (Wildman–Crippen MR) is 102 cm³/mol. The second-order valence-corrected chi connectivity index (χ2v) is 7.55. The quantitative estimate of drug-likeness (QED) is 0.567. The number of benzene rings is 1. The summed E-state index contributed by atoms with van der Waals surface area (Å²) in [6.07, 6.45) is 1.55. The van der Waals surface area contributed by atoms with E-state index in [4.69, 9.17) is 14.6 Å². The standard InChI is InChI=1S/C19H24F2N2O4.CH2O2/c1-22(2)12-13-11-19(17(25)26-13)7-9-23(10-8-19)16(24)14-5-3-4-6-15(14)27-18(20)21;2-1-3/h3-6,13,18H,7-12H2,1-2H3;1H,(H,2,3). The Balaban J connectivity index is 0.00000101. The van der Waals surface area contributed by atoms with Gasteiger partial charge in [0.2, 0.25) is 0 Å². The summed E-state index contributed by atoms with van der Waals surface area (Å²) in [6.45, 7) is -1.81. The molecule has 1 atom stereocenters. The van der Waals surface area contributed by atoms with E-state index in [1.165, 1.54) is 12.1 Å². The molecule has 0 radical (unpaired) electrons. The van der Waals surface area contributed by atoms with Crippen molar-refractivity contribution >= 4 is 18.3 Å². The Morgan fingerprint density at radius 2 is 1.97 bits per heavy atom. The molecule has 2 aliphatic rings. The monoisotopic (exact) mass is 428 g/mol. The van der Waals surface area contributed by atoms with Crippen molar-refractivity contribution in [3.05, 3.63) is 29.8 Å². The van der Waals surface area contributed by atoms with Crippen LogP contribution < -0.4 is 4.74 Å². The Morgan fingerprint density at radius 3 is 2.53 bits per heavy atom. The maximum atomic E-state index is 12.8. The van der Waals surface area contributed by atoms with Crippen LogP contribution in [0.4, 0.5) is 8.78 Å². The van der Waals surface area contributed by atoms with Gasteiger partial charge in [-0.25, -0.2) is 0 Å². The molecule has 1 aromatic rings. The maximum Gasteiger partial charge on any atom is 0.387 e. The summed E-state index contributed by atoms with van der Waals surface area (Å²) < 4.78 is 35.1. The van der Waals surface area contributed by atoms with E-state index < -0.39 is 12.0 Å². The molecule has 1 unspecified atom stereocenters. The van der Waals surface area contributed by atoms with Crippen molar-refractivity contribution in [2.24, 2.45) is 5.41 Å². The number of carbonyl (C=O) groups is 3. The van der Waals surface area contributed by atoms with Crippen molar-refractivity contribution in [1.29, 1.82) is 0 Å². The summed E-state index contributed by atoms with van der Waals surface area (Å²) in [4.78, 5) is 37.1. The van der Waals surface area contributed by atoms with Crippen LogP contribution in [0, 0.1) is 5.41 Å². The lowest BCUT2D eigenvalue weighted by molar-refractivity contribution is -0.150.